The summed E-state index contributed by atoms with van der Waals surface area (Å²) in [6.45, 7) is 8.68. The molecule has 112 valence electrons. The van der Waals surface area contributed by atoms with Gasteiger partial charge in [0.1, 0.15) is 5.82 Å². The minimum Gasteiger partial charge on any atom is -0.374 e. The molecule has 4 heteroatoms. The van der Waals surface area contributed by atoms with Crippen molar-refractivity contribution in [1.29, 1.82) is 0 Å². The Balaban J connectivity index is 2.16. The Morgan fingerprint density at radius 3 is 2.90 bits per heavy atom. The van der Waals surface area contributed by atoms with E-state index in [0.29, 0.717) is 5.56 Å². The highest BCUT2D eigenvalue weighted by Gasteiger charge is 2.29. The van der Waals surface area contributed by atoms with E-state index in [-0.39, 0.29) is 18.0 Å². The zero-order valence-corrected chi connectivity index (χ0v) is 12.4. The van der Waals surface area contributed by atoms with Gasteiger partial charge in [0.05, 0.1) is 18.8 Å². The van der Waals surface area contributed by atoms with Crippen LogP contribution >= 0.6 is 0 Å². The number of rotatable bonds is 6. The van der Waals surface area contributed by atoms with Gasteiger partial charge in [-0.3, -0.25) is 4.90 Å². The van der Waals surface area contributed by atoms with Crippen LogP contribution in [0.25, 0.3) is 0 Å². The van der Waals surface area contributed by atoms with Gasteiger partial charge in [0.15, 0.2) is 0 Å². The molecule has 0 radical (unpaired) electrons. The summed E-state index contributed by atoms with van der Waals surface area (Å²) in [4.78, 5) is 2.36. The molecule has 0 aliphatic carbocycles. The standard InChI is InChI=1S/C16H25FN2O/c1-3-9-18-16(13-7-5-6-8-14(13)17)15-12-19(4-2)10-11-20-15/h5-8,15-16,18H,3-4,9-12H2,1-2H3. The van der Waals surface area contributed by atoms with E-state index < -0.39 is 0 Å². The Morgan fingerprint density at radius 1 is 1.40 bits per heavy atom. The van der Waals surface area contributed by atoms with Crippen molar-refractivity contribution in [3.63, 3.8) is 0 Å². The largest absolute Gasteiger partial charge is 0.374 e. The van der Waals surface area contributed by atoms with Crippen molar-refractivity contribution in [2.45, 2.75) is 32.4 Å². The molecule has 2 unspecified atom stereocenters. The van der Waals surface area contributed by atoms with Gasteiger partial charge in [0.2, 0.25) is 0 Å². The summed E-state index contributed by atoms with van der Waals surface area (Å²) in [5, 5.41) is 3.45. The first-order chi connectivity index (χ1) is 9.76. The average molecular weight is 280 g/mol. The molecule has 1 aromatic rings. The molecule has 1 aliphatic rings. The second-order valence-electron chi connectivity index (χ2n) is 5.26. The summed E-state index contributed by atoms with van der Waals surface area (Å²) < 4.78 is 20.0. The van der Waals surface area contributed by atoms with Gasteiger partial charge in [0.25, 0.3) is 0 Å². The number of morpholine rings is 1. The second kappa shape index (κ2) is 7.72. The van der Waals surface area contributed by atoms with Crippen LogP contribution < -0.4 is 5.32 Å². The molecule has 0 saturated carbocycles. The number of benzene rings is 1. The van der Waals surface area contributed by atoms with E-state index in [0.717, 1.165) is 39.2 Å². The lowest BCUT2D eigenvalue weighted by Crippen LogP contribution is -2.48. The Bertz CT molecular complexity index is 413. The third kappa shape index (κ3) is 3.78. The first-order valence-corrected chi connectivity index (χ1v) is 7.58. The van der Waals surface area contributed by atoms with Crippen LogP contribution in [0.4, 0.5) is 4.39 Å². The van der Waals surface area contributed by atoms with Crippen molar-refractivity contribution in [3.8, 4) is 0 Å². The average Bonchev–Trinajstić information content (AvgIpc) is 2.49. The Labute approximate surface area is 121 Å². The van der Waals surface area contributed by atoms with E-state index in [4.69, 9.17) is 4.74 Å². The smallest absolute Gasteiger partial charge is 0.128 e. The lowest BCUT2D eigenvalue weighted by atomic mass is 9.99. The quantitative estimate of drug-likeness (QED) is 0.867. The van der Waals surface area contributed by atoms with E-state index in [1.807, 2.05) is 12.1 Å². The molecule has 1 fully saturated rings. The maximum atomic E-state index is 14.1. The molecule has 1 aliphatic heterocycles. The first kappa shape index (κ1) is 15.4. The van der Waals surface area contributed by atoms with Gasteiger partial charge in [-0.15, -0.1) is 0 Å². The molecular formula is C16H25FN2O. The summed E-state index contributed by atoms with van der Waals surface area (Å²) in [5.74, 6) is -0.154. The number of halogens is 1. The van der Waals surface area contributed by atoms with Gasteiger partial charge in [-0.1, -0.05) is 32.0 Å². The third-order valence-corrected chi connectivity index (χ3v) is 3.85. The van der Waals surface area contributed by atoms with Gasteiger partial charge in [-0.2, -0.15) is 0 Å². The van der Waals surface area contributed by atoms with Crippen LogP contribution in [0, 0.1) is 5.82 Å². The van der Waals surface area contributed by atoms with Crippen molar-refractivity contribution < 1.29 is 9.13 Å². The van der Waals surface area contributed by atoms with E-state index in [9.17, 15) is 4.39 Å². The normalized spacial score (nSPS) is 21.9. The first-order valence-electron chi connectivity index (χ1n) is 7.58. The number of ether oxygens (including phenoxy) is 1. The van der Waals surface area contributed by atoms with Crippen LogP contribution in [0.1, 0.15) is 31.9 Å². The summed E-state index contributed by atoms with van der Waals surface area (Å²) in [7, 11) is 0. The Hall–Kier alpha value is -0.970. The minimum atomic E-state index is -0.154. The SMILES string of the molecule is CCCNC(c1ccccc1F)C1CN(CC)CCO1. The van der Waals surface area contributed by atoms with Gasteiger partial charge in [-0.25, -0.2) is 4.39 Å². The zero-order chi connectivity index (χ0) is 14.4. The van der Waals surface area contributed by atoms with Crippen LogP contribution in [0.3, 0.4) is 0 Å². The summed E-state index contributed by atoms with van der Waals surface area (Å²) >= 11 is 0. The van der Waals surface area contributed by atoms with Gasteiger partial charge < -0.3 is 10.1 Å². The molecule has 3 nitrogen and oxygen atoms in total. The highest BCUT2D eigenvalue weighted by molar-refractivity contribution is 5.22. The van der Waals surface area contributed by atoms with Crippen molar-refractivity contribution in [2.24, 2.45) is 0 Å². The molecular weight excluding hydrogens is 255 g/mol. The lowest BCUT2D eigenvalue weighted by molar-refractivity contribution is -0.0461. The molecule has 1 saturated heterocycles. The summed E-state index contributed by atoms with van der Waals surface area (Å²) in [6.07, 6.45) is 1.03. The number of nitrogens with one attached hydrogen (secondary N) is 1. The van der Waals surface area contributed by atoms with E-state index in [1.54, 1.807) is 6.07 Å². The monoisotopic (exact) mass is 280 g/mol. The fourth-order valence-corrected chi connectivity index (χ4v) is 2.69. The molecule has 2 rings (SSSR count). The fourth-order valence-electron chi connectivity index (χ4n) is 2.69. The molecule has 1 heterocycles. The van der Waals surface area contributed by atoms with Crippen LogP contribution in [0.5, 0.6) is 0 Å². The van der Waals surface area contributed by atoms with Crippen molar-refractivity contribution in [1.82, 2.24) is 10.2 Å². The van der Waals surface area contributed by atoms with Crippen LogP contribution in [-0.4, -0.2) is 43.8 Å². The summed E-state index contributed by atoms with van der Waals surface area (Å²) in [5.41, 5.74) is 0.712. The van der Waals surface area contributed by atoms with E-state index in [1.165, 1.54) is 6.07 Å². The molecule has 0 bridgehead atoms. The molecule has 0 aromatic heterocycles. The second-order valence-corrected chi connectivity index (χ2v) is 5.26. The zero-order valence-electron chi connectivity index (χ0n) is 12.4. The van der Waals surface area contributed by atoms with E-state index in [2.05, 4.69) is 24.1 Å². The third-order valence-electron chi connectivity index (χ3n) is 3.85. The number of likely N-dealkylation sites (N-methyl/N-ethyl adjacent to an activating group) is 1. The molecule has 2 atom stereocenters. The van der Waals surface area contributed by atoms with Gasteiger partial charge in [-0.05, 0) is 25.6 Å². The predicted octanol–water partition coefficient (Wildman–Crippen LogP) is 2.59. The number of nitrogens with zero attached hydrogens (tertiary/aromatic N) is 1. The molecule has 0 amide bonds. The Kier molecular flexibility index (Phi) is 5.95. The Morgan fingerprint density at radius 2 is 2.20 bits per heavy atom. The topological polar surface area (TPSA) is 24.5 Å². The fraction of sp³-hybridized carbons (Fsp3) is 0.625. The lowest BCUT2D eigenvalue weighted by Gasteiger charge is -2.37. The van der Waals surface area contributed by atoms with Crippen LogP contribution in [-0.2, 0) is 4.74 Å². The van der Waals surface area contributed by atoms with Gasteiger partial charge >= 0.3 is 0 Å². The van der Waals surface area contributed by atoms with Crippen molar-refractivity contribution >= 4 is 0 Å². The maximum absolute atomic E-state index is 14.1. The molecule has 1 N–H and O–H groups in total. The predicted molar refractivity (Wildman–Crippen MR) is 79.3 cm³/mol. The molecule has 0 spiro atoms. The van der Waals surface area contributed by atoms with E-state index >= 15 is 0 Å². The highest BCUT2D eigenvalue weighted by Crippen LogP contribution is 2.24. The molecule has 20 heavy (non-hydrogen) atoms. The number of hydrogen-bond acceptors (Lipinski definition) is 3. The summed E-state index contributed by atoms with van der Waals surface area (Å²) in [6, 6.07) is 6.92. The van der Waals surface area contributed by atoms with Gasteiger partial charge in [0, 0.05) is 18.7 Å². The van der Waals surface area contributed by atoms with Crippen molar-refractivity contribution in [3.05, 3.63) is 35.6 Å². The minimum absolute atomic E-state index is 0.00662. The number of hydrogen-bond donors (Lipinski definition) is 1. The highest BCUT2D eigenvalue weighted by atomic mass is 19.1. The molecule has 1 aromatic carbocycles. The van der Waals surface area contributed by atoms with Crippen LogP contribution in [0.2, 0.25) is 0 Å². The van der Waals surface area contributed by atoms with Crippen LogP contribution in [0.15, 0.2) is 24.3 Å². The maximum Gasteiger partial charge on any atom is 0.128 e. The van der Waals surface area contributed by atoms with Crippen molar-refractivity contribution in [2.75, 3.05) is 32.8 Å².